The molecular formula is C21H35O7P. The van der Waals surface area contributed by atoms with E-state index < -0.39 is 26.5 Å². The van der Waals surface area contributed by atoms with E-state index in [4.69, 9.17) is 14.5 Å². The van der Waals surface area contributed by atoms with Crippen molar-refractivity contribution in [3.8, 4) is 0 Å². The van der Waals surface area contributed by atoms with Crippen LogP contribution in [0.3, 0.4) is 0 Å². The quantitative estimate of drug-likeness (QED) is 0.136. The minimum absolute atomic E-state index is 0.262. The van der Waals surface area contributed by atoms with Crippen LogP contribution < -0.4 is 0 Å². The maximum Gasteiger partial charge on any atom is 0.469 e. The number of carbonyl (C=O) groups is 1. The third-order valence-corrected chi connectivity index (χ3v) is 4.17. The number of rotatable bonds is 17. The first kappa shape index (κ1) is 27.5. The molecule has 8 heteroatoms. The normalized spacial score (nSPS) is 13.9. The summed E-state index contributed by atoms with van der Waals surface area (Å²) in [5.74, 6) is -0.436. The van der Waals surface area contributed by atoms with E-state index in [-0.39, 0.29) is 13.0 Å². The molecule has 29 heavy (non-hydrogen) atoms. The summed E-state index contributed by atoms with van der Waals surface area (Å²) in [5, 5.41) is 9.40. The topological polar surface area (TPSA) is 113 Å². The highest BCUT2D eigenvalue weighted by Crippen LogP contribution is 2.35. The fraction of sp³-hybridized carbons (Fsp3) is 0.571. The molecule has 0 spiro atoms. The van der Waals surface area contributed by atoms with Gasteiger partial charge in [0.2, 0.25) is 0 Å². The fourth-order valence-corrected chi connectivity index (χ4v) is 2.57. The van der Waals surface area contributed by atoms with E-state index in [1.807, 2.05) is 36.5 Å². The molecule has 0 aromatic heterocycles. The number of esters is 1. The Labute approximate surface area is 174 Å². The van der Waals surface area contributed by atoms with Crippen LogP contribution in [0.25, 0.3) is 0 Å². The van der Waals surface area contributed by atoms with Crippen LogP contribution in [0.15, 0.2) is 48.6 Å². The van der Waals surface area contributed by atoms with Crippen LogP contribution in [-0.2, 0) is 18.6 Å². The minimum atomic E-state index is -4.63. The Morgan fingerprint density at radius 1 is 0.897 bits per heavy atom. The highest BCUT2D eigenvalue weighted by Gasteiger charge is 2.17. The average molecular weight is 430 g/mol. The first-order chi connectivity index (χ1) is 13.8. The van der Waals surface area contributed by atoms with Gasteiger partial charge in [-0.15, -0.1) is 0 Å². The first-order valence-electron chi connectivity index (χ1n) is 10.0. The Morgan fingerprint density at radius 2 is 1.48 bits per heavy atom. The fourth-order valence-electron chi connectivity index (χ4n) is 2.20. The summed E-state index contributed by atoms with van der Waals surface area (Å²) in [6.45, 7) is 1.17. The molecule has 0 saturated heterocycles. The highest BCUT2D eigenvalue weighted by molar-refractivity contribution is 7.46. The van der Waals surface area contributed by atoms with Crippen molar-refractivity contribution in [2.24, 2.45) is 0 Å². The van der Waals surface area contributed by atoms with Crippen LogP contribution >= 0.6 is 7.82 Å². The molecule has 0 aromatic rings. The van der Waals surface area contributed by atoms with Gasteiger partial charge in [-0.1, -0.05) is 74.8 Å². The van der Waals surface area contributed by atoms with E-state index in [0.29, 0.717) is 6.42 Å². The Bertz CT molecular complexity index is 576. The van der Waals surface area contributed by atoms with Crippen molar-refractivity contribution >= 4 is 13.8 Å². The van der Waals surface area contributed by atoms with Crippen LogP contribution in [0.4, 0.5) is 0 Å². The third kappa shape index (κ3) is 22.7. The number of carbonyl (C=O) groups excluding carboxylic acids is 1. The Morgan fingerprint density at radius 3 is 2.14 bits per heavy atom. The molecule has 0 rings (SSSR count). The summed E-state index contributed by atoms with van der Waals surface area (Å²) >= 11 is 0. The molecule has 0 saturated carbocycles. The van der Waals surface area contributed by atoms with Crippen LogP contribution in [0, 0.1) is 0 Å². The van der Waals surface area contributed by atoms with Crippen LogP contribution in [0.1, 0.15) is 58.3 Å². The van der Waals surface area contributed by atoms with E-state index >= 15 is 0 Å². The zero-order valence-corrected chi connectivity index (χ0v) is 18.1. The summed E-state index contributed by atoms with van der Waals surface area (Å²) in [6.07, 6.45) is 22.3. The molecule has 0 aromatic carbocycles. The van der Waals surface area contributed by atoms with Crippen molar-refractivity contribution in [3.05, 3.63) is 48.6 Å². The van der Waals surface area contributed by atoms with Gasteiger partial charge < -0.3 is 19.6 Å². The van der Waals surface area contributed by atoms with Crippen LogP contribution in [0.2, 0.25) is 0 Å². The van der Waals surface area contributed by atoms with E-state index in [1.165, 1.54) is 0 Å². The van der Waals surface area contributed by atoms with Gasteiger partial charge in [-0.25, -0.2) is 4.57 Å². The lowest BCUT2D eigenvalue weighted by Gasteiger charge is -2.12. The van der Waals surface area contributed by atoms with Crippen molar-refractivity contribution in [2.75, 3.05) is 13.2 Å². The van der Waals surface area contributed by atoms with E-state index in [0.717, 1.165) is 38.5 Å². The molecule has 0 bridgehead atoms. The van der Waals surface area contributed by atoms with Crippen molar-refractivity contribution in [1.29, 1.82) is 0 Å². The van der Waals surface area contributed by atoms with Gasteiger partial charge in [0.15, 0.2) is 0 Å². The molecule has 0 aliphatic heterocycles. The lowest BCUT2D eigenvalue weighted by Crippen LogP contribution is -2.23. The number of allylic oxidation sites excluding steroid dienone is 8. The average Bonchev–Trinajstić information content (AvgIpc) is 2.67. The molecule has 1 unspecified atom stereocenters. The van der Waals surface area contributed by atoms with Gasteiger partial charge in [0.05, 0.1) is 6.61 Å². The number of aliphatic hydroxyl groups is 1. The van der Waals surface area contributed by atoms with Gasteiger partial charge in [0.25, 0.3) is 0 Å². The van der Waals surface area contributed by atoms with E-state index in [1.54, 1.807) is 0 Å². The molecule has 0 radical (unpaired) electrons. The van der Waals surface area contributed by atoms with Crippen LogP contribution in [-0.4, -0.2) is 40.2 Å². The standard InChI is InChI=1S/C21H35O7P/c1-2-3-4-5-6-7-8-9-10-11-12-13-14-15-16-17-21(23)27-18-20(22)19-28-29(24,25)26/h3-10,20,22H,2,11-19H2,1H3,(H2,24,25,26)/b4-3+,6-5+,8-7+,10-9+. The zero-order chi connectivity index (χ0) is 21.8. The van der Waals surface area contributed by atoms with Crippen molar-refractivity contribution in [1.82, 2.24) is 0 Å². The molecule has 0 aliphatic carbocycles. The third-order valence-electron chi connectivity index (χ3n) is 3.69. The second-order valence-electron chi connectivity index (χ2n) is 6.46. The number of unbranched alkanes of at least 4 members (excludes halogenated alkanes) is 5. The molecule has 0 amide bonds. The predicted octanol–water partition coefficient (Wildman–Crippen LogP) is 4.37. The van der Waals surface area contributed by atoms with Crippen molar-refractivity contribution in [3.63, 3.8) is 0 Å². The molecule has 166 valence electrons. The minimum Gasteiger partial charge on any atom is -0.463 e. The lowest BCUT2D eigenvalue weighted by molar-refractivity contribution is -0.147. The van der Waals surface area contributed by atoms with Gasteiger partial charge in [-0.2, -0.15) is 0 Å². The molecule has 0 aliphatic rings. The van der Waals surface area contributed by atoms with Gasteiger partial charge in [-0.05, 0) is 25.7 Å². The van der Waals surface area contributed by atoms with Crippen molar-refractivity contribution < 1.29 is 33.5 Å². The summed E-state index contributed by atoms with van der Waals surface area (Å²) < 4.78 is 19.5. The molecule has 7 nitrogen and oxygen atoms in total. The van der Waals surface area contributed by atoms with Crippen molar-refractivity contribution in [2.45, 2.75) is 64.4 Å². The monoisotopic (exact) mass is 430 g/mol. The van der Waals surface area contributed by atoms with E-state index in [9.17, 15) is 14.5 Å². The number of phosphoric ester groups is 1. The maximum atomic E-state index is 11.5. The van der Waals surface area contributed by atoms with Gasteiger partial charge in [0, 0.05) is 6.42 Å². The summed E-state index contributed by atoms with van der Waals surface area (Å²) in [5.41, 5.74) is 0. The molecule has 0 heterocycles. The predicted molar refractivity (Wildman–Crippen MR) is 114 cm³/mol. The SMILES string of the molecule is CC/C=C/C=C/C=C/C=C/CCCCCCCC(=O)OCC(O)COP(=O)(O)O. The van der Waals surface area contributed by atoms with Crippen LogP contribution in [0.5, 0.6) is 0 Å². The van der Waals surface area contributed by atoms with Gasteiger partial charge in [-0.3, -0.25) is 9.32 Å². The number of ether oxygens (including phenoxy) is 1. The molecule has 1 atom stereocenters. The number of phosphoric acid groups is 1. The second kappa shape index (κ2) is 18.5. The number of hydrogen-bond acceptors (Lipinski definition) is 5. The maximum absolute atomic E-state index is 11.5. The Balaban J connectivity index is 3.53. The smallest absolute Gasteiger partial charge is 0.463 e. The molecular weight excluding hydrogens is 395 g/mol. The lowest BCUT2D eigenvalue weighted by atomic mass is 10.1. The zero-order valence-electron chi connectivity index (χ0n) is 17.2. The highest BCUT2D eigenvalue weighted by atomic mass is 31.2. The van der Waals surface area contributed by atoms with Gasteiger partial charge in [0.1, 0.15) is 12.7 Å². The van der Waals surface area contributed by atoms with Gasteiger partial charge >= 0.3 is 13.8 Å². The summed E-state index contributed by atoms with van der Waals surface area (Å²) in [4.78, 5) is 28.5. The van der Waals surface area contributed by atoms with E-state index in [2.05, 4.69) is 23.6 Å². The summed E-state index contributed by atoms with van der Waals surface area (Å²) in [6, 6.07) is 0. The Hall–Kier alpha value is -1.50. The summed E-state index contributed by atoms with van der Waals surface area (Å²) in [7, 11) is -4.63. The Kier molecular flexibility index (Phi) is 17.6. The molecule has 0 fully saturated rings. The molecule has 3 N–H and O–H groups in total. The first-order valence-corrected chi connectivity index (χ1v) is 11.6. The largest absolute Gasteiger partial charge is 0.469 e. The second-order valence-corrected chi connectivity index (χ2v) is 7.70. The number of aliphatic hydroxyl groups excluding tert-OH is 1. The number of hydrogen-bond donors (Lipinski definition) is 3.